The van der Waals surface area contributed by atoms with Crippen molar-refractivity contribution in [3.8, 4) is 0 Å². The van der Waals surface area contributed by atoms with E-state index in [1.165, 1.54) is 6.07 Å². The minimum atomic E-state index is -4.53. The molecule has 7 heteroatoms. The van der Waals surface area contributed by atoms with Gasteiger partial charge in [-0.25, -0.2) is 9.18 Å². The van der Waals surface area contributed by atoms with Crippen LogP contribution in [0.15, 0.2) is 24.3 Å². The Morgan fingerprint density at radius 2 is 1.95 bits per heavy atom. The first-order chi connectivity index (χ1) is 9.92. The van der Waals surface area contributed by atoms with E-state index >= 15 is 0 Å². The maximum Gasteiger partial charge on any atom is 0.416 e. The summed E-state index contributed by atoms with van der Waals surface area (Å²) in [5.41, 5.74) is -3.72. The van der Waals surface area contributed by atoms with Gasteiger partial charge in [-0.15, -0.1) is 0 Å². The summed E-state index contributed by atoms with van der Waals surface area (Å²) in [6, 6.07) is 3.21. The van der Waals surface area contributed by atoms with Crippen LogP contribution in [0.4, 0.5) is 22.4 Å². The van der Waals surface area contributed by atoms with E-state index < -0.39 is 35.1 Å². The average molecular weight is 319 g/mol. The number of amides is 1. The van der Waals surface area contributed by atoms with Crippen molar-refractivity contribution in [1.82, 2.24) is 5.32 Å². The molecule has 0 spiro atoms. The first kappa shape index (κ1) is 16.6. The van der Waals surface area contributed by atoms with Crippen LogP contribution in [0.1, 0.15) is 38.3 Å². The van der Waals surface area contributed by atoms with E-state index in [0.717, 1.165) is 18.2 Å². The summed E-state index contributed by atoms with van der Waals surface area (Å²) in [7, 11) is 0. The predicted molar refractivity (Wildman–Crippen MR) is 72.0 cm³/mol. The van der Waals surface area contributed by atoms with Crippen LogP contribution in [0, 0.1) is 0 Å². The number of ether oxygens (including phenoxy) is 1. The standard InChI is InChI=1S/C15H17F4NO2/c1-13(2,3)22-12(21)20-11-8-14(11,16)9-5-4-6-10(7-9)15(17,18)19/h4-7,11H,8H2,1-3H3,(H,20,21)/t11-,14-/m0/s1. The molecular formula is C15H17F4NO2. The van der Waals surface area contributed by atoms with E-state index in [1.807, 2.05) is 0 Å². The SMILES string of the molecule is CC(C)(C)OC(=O)N[C@H]1C[C@]1(F)c1cccc(C(F)(F)F)c1. The molecule has 0 bridgehead atoms. The lowest BCUT2D eigenvalue weighted by Gasteiger charge is -2.20. The summed E-state index contributed by atoms with van der Waals surface area (Å²) in [5, 5.41) is 2.34. The number of alkyl carbamates (subject to hydrolysis) is 1. The highest BCUT2D eigenvalue weighted by molar-refractivity contribution is 5.69. The van der Waals surface area contributed by atoms with Gasteiger partial charge < -0.3 is 10.1 Å². The normalized spacial score (nSPS) is 24.8. The monoisotopic (exact) mass is 319 g/mol. The third kappa shape index (κ3) is 3.69. The molecule has 1 amide bonds. The Bertz CT molecular complexity index is 580. The summed E-state index contributed by atoms with van der Waals surface area (Å²) in [6.45, 7) is 4.99. The van der Waals surface area contributed by atoms with Gasteiger partial charge in [0.2, 0.25) is 0 Å². The molecule has 2 rings (SSSR count). The second kappa shape index (κ2) is 5.14. The highest BCUT2D eigenvalue weighted by Crippen LogP contribution is 2.50. The molecule has 2 atom stereocenters. The minimum absolute atomic E-state index is 0.0758. The quantitative estimate of drug-likeness (QED) is 0.831. The van der Waals surface area contributed by atoms with Gasteiger partial charge in [0, 0.05) is 6.42 Å². The number of hydrogen-bond donors (Lipinski definition) is 1. The fraction of sp³-hybridized carbons (Fsp3) is 0.533. The molecule has 0 heterocycles. The van der Waals surface area contributed by atoms with Crippen molar-refractivity contribution in [2.75, 3.05) is 0 Å². The molecule has 1 saturated carbocycles. The predicted octanol–water partition coefficient (Wildman–Crippen LogP) is 4.17. The first-order valence-corrected chi connectivity index (χ1v) is 6.78. The lowest BCUT2D eigenvalue weighted by atomic mass is 10.0. The minimum Gasteiger partial charge on any atom is -0.444 e. The third-order valence-corrected chi connectivity index (χ3v) is 3.25. The van der Waals surface area contributed by atoms with E-state index in [4.69, 9.17) is 4.74 Å². The van der Waals surface area contributed by atoms with Crippen molar-refractivity contribution in [2.24, 2.45) is 0 Å². The molecule has 0 radical (unpaired) electrons. The highest BCUT2D eigenvalue weighted by Gasteiger charge is 2.58. The summed E-state index contributed by atoms with van der Waals surface area (Å²) >= 11 is 0. The maximum absolute atomic E-state index is 14.6. The van der Waals surface area contributed by atoms with Crippen molar-refractivity contribution in [3.63, 3.8) is 0 Å². The molecule has 22 heavy (non-hydrogen) atoms. The van der Waals surface area contributed by atoms with Crippen LogP contribution in [0.25, 0.3) is 0 Å². The van der Waals surface area contributed by atoms with Gasteiger partial charge in [0.25, 0.3) is 0 Å². The largest absolute Gasteiger partial charge is 0.444 e. The number of benzene rings is 1. The van der Waals surface area contributed by atoms with Crippen molar-refractivity contribution in [1.29, 1.82) is 0 Å². The maximum atomic E-state index is 14.6. The smallest absolute Gasteiger partial charge is 0.416 e. The van der Waals surface area contributed by atoms with E-state index in [2.05, 4.69) is 5.32 Å². The topological polar surface area (TPSA) is 38.3 Å². The summed E-state index contributed by atoms with van der Waals surface area (Å²) in [4.78, 5) is 11.6. The van der Waals surface area contributed by atoms with Gasteiger partial charge in [-0.1, -0.05) is 12.1 Å². The zero-order valence-corrected chi connectivity index (χ0v) is 12.4. The van der Waals surface area contributed by atoms with Gasteiger partial charge in [0.1, 0.15) is 5.60 Å². The second-order valence-corrected chi connectivity index (χ2v) is 6.34. The number of hydrogen-bond acceptors (Lipinski definition) is 2. The molecule has 3 nitrogen and oxygen atoms in total. The van der Waals surface area contributed by atoms with Crippen LogP contribution in [-0.4, -0.2) is 17.7 Å². The summed E-state index contributed by atoms with van der Waals surface area (Å²) in [6.07, 6.45) is -5.40. The van der Waals surface area contributed by atoms with Crippen molar-refractivity contribution < 1.29 is 27.1 Å². The average Bonchev–Trinajstić information content (AvgIpc) is 2.97. The molecule has 0 aliphatic heterocycles. The van der Waals surface area contributed by atoms with Gasteiger partial charge in [-0.3, -0.25) is 0 Å². The Balaban J connectivity index is 2.07. The Kier molecular flexibility index (Phi) is 3.87. The number of nitrogens with one attached hydrogen (secondary N) is 1. The molecule has 0 unspecified atom stereocenters. The molecule has 1 aliphatic carbocycles. The van der Waals surface area contributed by atoms with Gasteiger partial charge in [0.05, 0.1) is 11.6 Å². The van der Waals surface area contributed by atoms with Crippen LogP contribution >= 0.6 is 0 Å². The fourth-order valence-electron chi connectivity index (χ4n) is 2.13. The second-order valence-electron chi connectivity index (χ2n) is 6.34. The van der Waals surface area contributed by atoms with Gasteiger partial charge in [0.15, 0.2) is 5.67 Å². The Labute approximate surface area is 125 Å². The van der Waals surface area contributed by atoms with Crippen LogP contribution in [0.2, 0.25) is 0 Å². The summed E-state index contributed by atoms with van der Waals surface area (Å²) < 4.78 is 57.6. The highest BCUT2D eigenvalue weighted by atomic mass is 19.4. The number of carbonyl (C=O) groups excluding carboxylic acids is 1. The Morgan fingerprint density at radius 3 is 2.50 bits per heavy atom. The molecule has 0 aromatic heterocycles. The molecule has 1 aromatic carbocycles. The number of carbonyl (C=O) groups is 1. The fourth-order valence-corrected chi connectivity index (χ4v) is 2.13. The molecule has 1 aliphatic rings. The number of alkyl halides is 4. The first-order valence-electron chi connectivity index (χ1n) is 6.78. The number of halogens is 4. The van der Waals surface area contributed by atoms with Gasteiger partial charge in [-0.2, -0.15) is 13.2 Å². The Hall–Kier alpha value is -1.79. The molecule has 0 saturated heterocycles. The summed E-state index contributed by atoms with van der Waals surface area (Å²) in [5.74, 6) is 0. The van der Waals surface area contributed by atoms with Crippen LogP contribution in [0.3, 0.4) is 0 Å². The molecule has 1 aromatic rings. The molecular weight excluding hydrogens is 302 g/mol. The van der Waals surface area contributed by atoms with Crippen molar-refractivity contribution in [2.45, 2.75) is 50.7 Å². The van der Waals surface area contributed by atoms with Crippen molar-refractivity contribution in [3.05, 3.63) is 35.4 Å². The van der Waals surface area contributed by atoms with Gasteiger partial charge >= 0.3 is 12.3 Å². The lowest BCUT2D eigenvalue weighted by molar-refractivity contribution is -0.137. The molecule has 1 N–H and O–H groups in total. The van der Waals surface area contributed by atoms with E-state index in [-0.39, 0.29) is 12.0 Å². The zero-order valence-electron chi connectivity index (χ0n) is 12.4. The lowest BCUT2D eigenvalue weighted by Crippen LogP contribution is -2.35. The third-order valence-electron chi connectivity index (χ3n) is 3.25. The van der Waals surface area contributed by atoms with Crippen LogP contribution in [0.5, 0.6) is 0 Å². The van der Waals surface area contributed by atoms with E-state index in [1.54, 1.807) is 20.8 Å². The molecule has 1 fully saturated rings. The molecule has 122 valence electrons. The van der Waals surface area contributed by atoms with E-state index in [0.29, 0.717) is 0 Å². The van der Waals surface area contributed by atoms with E-state index in [9.17, 15) is 22.4 Å². The van der Waals surface area contributed by atoms with Gasteiger partial charge in [-0.05, 0) is 38.5 Å². The Morgan fingerprint density at radius 1 is 1.32 bits per heavy atom. The van der Waals surface area contributed by atoms with Crippen LogP contribution < -0.4 is 5.32 Å². The zero-order chi connectivity index (χ0) is 16.8. The number of rotatable bonds is 2. The van der Waals surface area contributed by atoms with Crippen molar-refractivity contribution >= 4 is 6.09 Å². The van der Waals surface area contributed by atoms with Crippen LogP contribution in [-0.2, 0) is 16.6 Å².